The number of hydrogen-bond acceptors (Lipinski definition) is 2. The van der Waals surface area contributed by atoms with Gasteiger partial charge in [0.2, 0.25) is 0 Å². The van der Waals surface area contributed by atoms with Crippen molar-refractivity contribution >= 4 is 5.97 Å². The first-order chi connectivity index (χ1) is 5.45. The molecule has 1 unspecified atom stereocenters. The molecule has 72 valence electrons. The van der Waals surface area contributed by atoms with Crippen LogP contribution in [0.1, 0.15) is 33.6 Å². The van der Waals surface area contributed by atoms with Crippen LogP contribution >= 0.6 is 0 Å². The van der Waals surface area contributed by atoms with E-state index in [0.29, 0.717) is 12.3 Å². The van der Waals surface area contributed by atoms with Gasteiger partial charge < -0.3 is 10.2 Å². The van der Waals surface area contributed by atoms with Crippen molar-refractivity contribution in [1.29, 1.82) is 0 Å². The van der Waals surface area contributed by atoms with E-state index in [4.69, 9.17) is 10.2 Å². The number of aliphatic hydroxyl groups excluding tert-OH is 1. The highest BCUT2D eigenvalue weighted by molar-refractivity contribution is 5.70. The molecule has 0 aliphatic rings. The Morgan fingerprint density at radius 2 is 1.75 bits per heavy atom. The van der Waals surface area contributed by atoms with Gasteiger partial charge in [-0.2, -0.15) is 0 Å². The van der Waals surface area contributed by atoms with Crippen LogP contribution in [0.2, 0.25) is 0 Å². The zero-order valence-corrected chi connectivity index (χ0v) is 7.95. The molecule has 0 aromatic carbocycles. The zero-order valence-electron chi connectivity index (χ0n) is 7.95. The Morgan fingerprint density at radius 1 is 1.25 bits per heavy atom. The van der Waals surface area contributed by atoms with Gasteiger partial charge in [0.15, 0.2) is 0 Å². The summed E-state index contributed by atoms with van der Waals surface area (Å²) < 4.78 is 0. The number of aliphatic hydroxyl groups is 1. The maximum absolute atomic E-state index is 10.6. The summed E-state index contributed by atoms with van der Waals surface area (Å²) in [5.41, 5.74) is 0. The molecule has 0 rings (SSSR count). The van der Waals surface area contributed by atoms with Gasteiger partial charge in [0, 0.05) is 0 Å². The Bertz CT molecular complexity index is 141. The molecule has 0 aromatic rings. The molecule has 0 spiro atoms. The predicted octanol–water partition coefficient (Wildman–Crippen LogP) is 1.50. The van der Waals surface area contributed by atoms with E-state index in [0.717, 1.165) is 6.42 Å². The number of carbonyl (C=O) groups is 1. The summed E-state index contributed by atoms with van der Waals surface area (Å²) in [6, 6.07) is 0. The van der Waals surface area contributed by atoms with Crippen molar-refractivity contribution in [2.24, 2.45) is 11.8 Å². The van der Waals surface area contributed by atoms with E-state index in [2.05, 4.69) is 0 Å². The van der Waals surface area contributed by atoms with Crippen molar-refractivity contribution in [3.63, 3.8) is 0 Å². The molecule has 0 amide bonds. The molecule has 0 aliphatic carbocycles. The standard InChI is InChI=1S/C9H18O3/c1-6(2)4-5-8(7(3)10)9(11)12/h6-8,10H,4-5H2,1-3H3,(H,11,12)/t7-,8?/m0/s1. The minimum atomic E-state index is -0.898. The van der Waals surface area contributed by atoms with E-state index in [1.54, 1.807) is 0 Å². The molecule has 12 heavy (non-hydrogen) atoms. The van der Waals surface area contributed by atoms with Crippen molar-refractivity contribution in [2.45, 2.75) is 39.7 Å². The Labute approximate surface area is 73.4 Å². The van der Waals surface area contributed by atoms with Crippen molar-refractivity contribution in [2.75, 3.05) is 0 Å². The highest BCUT2D eigenvalue weighted by Crippen LogP contribution is 2.15. The van der Waals surface area contributed by atoms with E-state index < -0.39 is 18.0 Å². The third kappa shape index (κ3) is 4.34. The molecular weight excluding hydrogens is 156 g/mol. The zero-order chi connectivity index (χ0) is 9.72. The van der Waals surface area contributed by atoms with Crippen LogP contribution in [0.4, 0.5) is 0 Å². The summed E-state index contributed by atoms with van der Waals surface area (Å²) in [5, 5.41) is 17.8. The van der Waals surface area contributed by atoms with Gasteiger partial charge in [0.25, 0.3) is 0 Å². The van der Waals surface area contributed by atoms with E-state index in [1.165, 1.54) is 6.92 Å². The second-order valence-corrected chi connectivity index (χ2v) is 3.66. The van der Waals surface area contributed by atoms with Crippen LogP contribution in [0, 0.1) is 11.8 Å². The number of carboxylic acids is 1. The van der Waals surface area contributed by atoms with Crippen molar-refractivity contribution in [3.05, 3.63) is 0 Å². The number of hydrogen-bond donors (Lipinski definition) is 2. The van der Waals surface area contributed by atoms with Gasteiger partial charge in [0.1, 0.15) is 0 Å². The molecule has 0 bridgehead atoms. The van der Waals surface area contributed by atoms with E-state index in [-0.39, 0.29) is 0 Å². The Hall–Kier alpha value is -0.570. The maximum atomic E-state index is 10.6. The monoisotopic (exact) mass is 174 g/mol. The first-order valence-corrected chi connectivity index (χ1v) is 4.36. The summed E-state index contributed by atoms with van der Waals surface area (Å²) in [5.74, 6) is -1.01. The minimum Gasteiger partial charge on any atom is -0.481 e. The summed E-state index contributed by atoms with van der Waals surface area (Å²) in [6.45, 7) is 5.61. The second kappa shape index (κ2) is 5.14. The third-order valence-corrected chi connectivity index (χ3v) is 1.95. The van der Waals surface area contributed by atoms with Crippen LogP contribution in [0.5, 0.6) is 0 Å². The fourth-order valence-corrected chi connectivity index (χ4v) is 1.08. The average Bonchev–Trinajstić information content (AvgIpc) is 1.84. The summed E-state index contributed by atoms with van der Waals surface area (Å²) in [7, 11) is 0. The molecular formula is C9H18O3. The van der Waals surface area contributed by atoms with Crippen molar-refractivity contribution in [1.82, 2.24) is 0 Å². The van der Waals surface area contributed by atoms with Gasteiger partial charge in [-0.25, -0.2) is 0 Å². The van der Waals surface area contributed by atoms with Gasteiger partial charge in [-0.05, 0) is 19.3 Å². The van der Waals surface area contributed by atoms with E-state index >= 15 is 0 Å². The van der Waals surface area contributed by atoms with Crippen LogP contribution in [0.15, 0.2) is 0 Å². The van der Waals surface area contributed by atoms with Gasteiger partial charge >= 0.3 is 5.97 Å². The molecule has 0 saturated heterocycles. The summed E-state index contributed by atoms with van der Waals surface area (Å²) in [4.78, 5) is 10.6. The third-order valence-electron chi connectivity index (χ3n) is 1.95. The fourth-order valence-electron chi connectivity index (χ4n) is 1.08. The van der Waals surface area contributed by atoms with Crippen molar-refractivity contribution < 1.29 is 15.0 Å². The van der Waals surface area contributed by atoms with Crippen LogP contribution in [0.25, 0.3) is 0 Å². The SMILES string of the molecule is CC(C)CCC(C(=O)O)[C@H](C)O. The smallest absolute Gasteiger partial charge is 0.309 e. The largest absolute Gasteiger partial charge is 0.481 e. The molecule has 2 atom stereocenters. The predicted molar refractivity (Wildman–Crippen MR) is 46.9 cm³/mol. The number of carboxylic acid groups (broad SMARTS) is 1. The van der Waals surface area contributed by atoms with E-state index in [9.17, 15) is 4.79 Å². The van der Waals surface area contributed by atoms with Crippen LogP contribution in [-0.4, -0.2) is 22.3 Å². The first kappa shape index (κ1) is 11.4. The highest BCUT2D eigenvalue weighted by atomic mass is 16.4. The molecule has 0 heterocycles. The van der Waals surface area contributed by atoms with Gasteiger partial charge in [-0.1, -0.05) is 20.3 Å². The molecule has 0 saturated carbocycles. The maximum Gasteiger partial charge on any atom is 0.309 e. The molecule has 2 N–H and O–H groups in total. The lowest BCUT2D eigenvalue weighted by atomic mass is 9.94. The Kier molecular flexibility index (Phi) is 4.90. The molecule has 0 aliphatic heterocycles. The lowest BCUT2D eigenvalue weighted by Crippen LogP contribution is -2.25. The van der Waals surface area contributed by atoms with Gasteiger partial charge in [-0.3, -0.25) is 4.79 Å². The molecule has 3 heteroatoms. The number of aliphatic carboxylic acids is 1. The number of rotatable bonds is 5. The van der Waals surface area contributed by atoms with E-state index in [1.807, 2.05) is 13.8 Å². The van der Waals surface area contributed by atoms with Gasteiger partial charge in [0.05, 0.1) is 12.0 Å². The second-order valence-electron chi connectivity index (χ2n) is 3.66. The molecule has 3 nitrogen and oxygen atoms in total. The van der Waals surface area contributed by atoms with Crippen LogP contribution in [0.3, 0.4) is 0 Å². The minimum absolute atomic E-state index is 0.491. The fraction of sp³-hybridized carbons (Fsp3) is 0.889. The average molecular weight is 174 g/mol. The molecule has 0 fully saturated rings. The molecule has 0 radical (unpaired) electrons. The lowest BCUT2D eigenvalue weighted by molar-refractivity contribution is -0.145. The quantitative estimate of drug-likeness (QED) is 0.664. The normalized spacial score (nSPS) is 16.1. The van der Waals surface area contributed by atoms with Gasteiger partial charge in [-0.15, -0.1) is 0 Å². The molecule has 0 aromatic heterocycles. The van der Waals surface area contributed by atoms with Crippen LogP contribution in [-0.2, 0) is 4.79 Å². The Morgan fingerprint density at radius 3 is 2.00 bits per heavy atom. The summed E-state index contributed by atoms with van der Waals surface area (Å²) in [6.07, 6.45) is 0.660. The topological polar surface area (TPSA) is 57.5 Å². The first-order valence-electron chi connectivity index (χ1n) is 4.36. The van der Waals surface area contributed by atoms with Crippen molar-refractivity contribution in [3.8, 4) is 0 Å². The van der Waals surface area contributed by atoms with Crippen LogP contribution < -0.4 is 0 Å². The summed E-state index contributed by atoms with van der Waals surface area (Å²) >= 11 is 0. The lowest BCUT2D eigenvalue weighted by Gasteiger charge is -2.15. The Balaban J connectivity index is 3.88. The highest BCUT2D eigenvalue weighted by Gasteiger charge is 2.22.